The summed E-state index contributed by atoms with van der Waals surface area (Å²) >= 11 is 1.84. The Hall–Kier alpha value is -1.21. The van der Waals surface area contributed by atoms with Crippen LogP contribution in [0, 0.1) is 18.3 Å². The minimum Gasteiger partial charge on any atom is -0.356 e. The summed E-state index contributed by atoms with van der Waals surface area (Å²) in [4.78, 5) is 6.67. The zero-order valence-electron chi connectivity index (χ0n) is 10.9. The van der Waals surface area contributed by atoms with E-state index in [2.05, 4.69) is 29.1 Å². The fourth-order valence-electron chi connectivity index (χ4n) is 1.78. The van der Waals surface area contributed by atoms with Gasteiger partial charge in [-0.15, -0.1) is 0 Å². The molecule has 0 aliphatic heterocycles. The molecule has 4 heteroatoms. The van der Waals surface area contributed by atoms with E-state index < -0.39 is 0 Å². The van der Waals surface area contributed by atoms with Crippen LogP contribution in [0.5, 0.6) is 0 Å². The summed E-state index contributed by atoms with van der Waals surface area (Å²) in [6.45, 7) is 4.10. The van der Waals surface area contributed by atoms with Crippen LogP contribution in [0.1, 0.15) is 24.6 Å². The Morgan fingerprint density at radius 2 is 2.24 bits per heavy atom. The van der Waals surface area contributed by atoms with E-state index in [9.17, 15) is 0 Å². The van der Waals surface area contributed by atoms with Gasteiger partial charge in [-0.3, -0.25) is 0 Å². The van der Waals surface area contributed by atoms with Gasteiger partial charge in [0.1, 0.15) is 5.82 Å². The quantitative estimate of drug-likeness (QED) is 0.804. The largest absolute Gasteiger partial charge is 0.356 e. The number of pyridine rings is 1. The van der Waals surface area contributed by atoms with E-state index >= 15 is 0 Å². The van der Waals surface area contributed by atoms with Crippen LogP contribution >= 0.6 is 11.8 Å². The molecule has 1 rings (SSSR count). The van der Waals surface area contributed by atoms with Gasteiger partial charge in [0.2, 0.25) is 0 Å². The zero-order chi connectivity index (χ0) is 12.8. The van der Waals surface area contributed by atoms with Crippen LogP contribution in [-0.2, 0) is 0 Å². The second-order valence-electron chi connectivity index (χ2n) is 4.10. The van der Waals surface area contributed by atoms with Gasteiger partial charge in [-0.1, -0.05) is 6.92 Å². The molecule has 0 saturated heterocycles. The fraction of sp³-hybridized carbons (Fsp3) is 0.538. The molecule has 1 aromatic heterocycles. The maximum Gasteiger partial charge on any atom is 0.130 e. The van der Waals surface area contributed by atoms with E-state index in [0.717, 1.165) is 23.7 Å². The molecular weight excluding hydrogens is 230 g/mol. The van der Waals surface area contributed by atoms with Gasteiger partial charge in [0.25, 0.3) is 0 Å². The molecule has 17 heavy (non-hydrogen) atoms. The molecule has 0 amide bonds. The Bertz CT molecular complexity index is 412. The molecule has 0 spiro atoms. The predicted molar refractivity (Wildman–Crippen MR) is 74.6 cm³/mol. The van der Waals surface area contributed by atoms with E-state index in [1.165, 1.54) is 0 Å². The van der Waals surface area contributed by atoms with E-state index in [0.29, 0.717) is 11.6 Å². The molecule has 0 aromatic carbocycles. The summed E-state index contributed by atoms with van der Waals surface area (Å²) in [6, 6.07) is 6.31. The number of aryl methyl sites for hydroxylation is 1. The normalized spacial score (nSPS) is 11.9. The lowest BCUT2D eigenvalue weighted by Crippen LogP contribution is -2.33. The first-order valence-electron chi connectivity index (χ1n) is 5.73. The number of rotatable bonds is 5. The average Bonchev–Trinajstić information content (AvgIpc) is 2.34. The maximum atomic E-state index is 8.97. The number of nitriles is 1. The molecule has 0 fully saturated rings. The minimum absolute atomic E-state index is 0.464. The van der Waals surface area contributed by atoms with Crippen LogP contribution in [0.25, 0.3) is 0 Å². The van der Waals surface area contributed by atoms with Gasteiger partial charge in [-0.05, 0) is 31.7 Å². The van der Waals surface area contributed by atoms with Gasteiger partial charge >= 0.3 is 0 Å². The van der Waals surface area contributed by atoms with Crippen molar-refractivity contribution in [1.82, 2.24) is 4.98 Å². The monoisotopic (exact) mass is 249 g/mol. The number of aromatic nitrogens is 1. The Morgan fingerprint density at radius 3 is 2.76 bits per heavy atom. The van der Waals surface area contributed by atoms with Crippen molar-refractivity contribution in [3.05, 3.63) is 23.4 Å². The second kappa shape index (κ2) is 6.51. The number of hydrogen-bond donors (Lipinski definition) is 0. The molecule has 0 N–H and O–H groups in total. The first kappa shape index (κ1) is 13.9. The summed E-state index contributed by atoms with van der Waals surface area (Å²) in [5.74, 6) is 1.97. The van der Waals surface area contributed by atoms with Crippen LogP contribution in [-0.4, -0.2) is 30.1 Å². The summed E-state index contributed by atoms with van der Waals surface area (Å²) in [6.07, 6.45) is 3.19. The molecule has 0 saturated carbocycles. The van der Waals surface area contributed by atoms with E-state index in [-0.39, 0.29) is 0 Å². The maximum absolute atomic E-state index is 8.97. The van der Waals surface area contributed by atoms with Crippen molar-refractivity contribution in [1.29, 1.82) is 5.26 Å². The summed E-state index contributed by atoms with van der Waals surface area (Å²) < 4.78 is 0. The van der Waals surface area contributed by atoms with Crippen LogP contribution < -0.4 is 4.90 Å². The average molecular weight is 249 g/mol. The van der Waals surface area contributed by atoms with Crippen LogP contribution in [0.3, 0.4) is 0 Å². The van der Waals surface area contributed by atoms with Gasteiger partial charge in [0.05, 0.1) is 11.6 Å². The highest BCUT2D eigenvalue weighted by molar-refractivity contribution is 7.98. The van der Waals surface area contributed by atoms with Crippen molar-refractivity contribution in [2.24, 2.45) is 0 Å². The molecule has 1 unspecified atom stereocenters. The van der Waals surface area contributed by atoms with Crippen LogP contribution in [0.2, 0.25) is 0 Å². The van der Waals surface area contributed by atoms with Crippen molar-refractivity contribution in [3.8, 4) is 6.07 Å². The third-order valence-electron chi connectivity index (χ3n) is 2.81. The predicted octanol–water partition coefficient (Wildman–Crippen LogP) is 2.84. The lowest BCUT2D eigenvalue weighted by Gasteiger charge is -2.28. The van der Waals surface area contributed by atoms with Crippen molar-refractivity contribution in [3.63, 3.8) is 0 Å². The highest BCUT2D eigenvalue weighted by Gasteiger charge is 2.14. The van der Waals surface area contributed by atoms with E-state index in [4.69, 9.17) is 5.26 Å². The fourth-order valence-corrected chi connectivity index (χ4v) is 2.62. The minimum atomic E-state index is 0.464. The number of anilines is 1. The van der Waals surface area contributed by atoms with Gasteiger partial charge in [-0.2, -0.15) is 17.0 Å². The van der Waals surface area contributed by atoms with Crippen molar-refractivity contribution in [2.75, 3.05) is 24.0 Å². The van der Waals surface area contributed by atoms with Crippen LogP contribution in [0.4, 0.5) is 5.82 Å². The molecule has 1 atom stereocenters. The lowest BCUT2D eigenvalue weighted by molar-refractivity contribution is 0.665. The van der Waals surface area contributed by atoms with Crippen molar-refractivity contribution >= 4 is 17.6 Å². The molecule has 0 radical (unpaired) electrons. The van der Waals surface area contributed by atoms with Crippen molar-refractivity contribution < 1.29 is 0 Å². The third-order valence-corrected chi connectivity index (χ3v) is 3.53. The SMILES string of the molecule is CCC(CSC)N(C)c1cc(C#N)cc(C)n1. The Labute approximate surface area is 108 Å². The van der Waals surface area contributed by atoms with Gasteiger partial charge in [-0.25, -0.2) is 4.98 Å². The summed E-state index contributed by atoms with van der Waals surface area (Å²) in [7, 11) is 2.05. The van der Waals surface area contributed by atoms with E-state index in [1.54, 1.807) is 0 Å². The zero-order valence-corrected chi connectivity index (χ0v) is 11.7. The summed E-state index contributed by atoms with van der Waals surface area (Å²) in [5.41, 5.74) is 1.57. The molecule has 0 bridgehead atoms. The number of hydrogen-bond acceptors (Lipinski definition) is 4. The summed E-state index contributed by atoms with van der Waals surface area (Å²) in [5, 5.41) is 8.97. The molecule has 92 valence electrons. The topological polar surface area (TPSA) is 39.9 Å². The Morgan fingerprint density at radius 1 is 1.53 bits per heavy atom. The third kappa shape index (κ3) is 3.64. The molecule has 3 nitrogen and oxygen atoms in total. The van der Waals surface area contributed by atoms with Gasteiger partial charge < -0.3 is 4.90 Å². The smallest absolute Gasteiger partial charge is 0.130 e. The molecule has 0 aliphatic carbocycles. The highest BCUT2D eigenvalue weighted by atomic mass is 32.2. The Balaban J connectivity index is 2.98. The highest BCUT2D eigenvalue weighted by Crippen LogP contribution is 2.18. The first-order valence-corrected chi connectivity index (χ1v) is 7.12. The number of thioether (sulfide) groups is 1. The lowest BCUT2D eigenvalue weighted by atomic mass is 10.2. The number of nitrogens with zero attached hydrogens (tertiary/aromatic N) is 3. The second-order valence-corrected chi connectivity index (χ2v) is 5.01. The standard InChI is InChI=1S/C13H19N3S/c1-5-12(9-17-4)16(3)13-7-11(8-14)6-10(2)15-13/h6-7,12H,5,9H2,1-4H3. The molecular formula is C13H19N3S. The first-order chi connectivity index (χ1) is 8.12. The van der Waals surface area contributed by atoms with E-state index in [1.807, 2.05) is 37.9 Å². The molecule has 1 aromatic rings. The molecule has 0 aliphatic rings. The van der Waals surface area contributed by atoms with Gasteiger partial charge in [0, 0.05) is 24.5 Å². The molecule has 1 heterocycles. The Kier molecular flexibility index (Phi) is 5.30. The van der Waals surface area contributed by atoms with Crippen LogP contribution in [0.15, 0.2) is 12.1 Å². The van der Waals surface area contributed by atoms with Gasteiger partial charge in [0.15, 0.2) is 0 Å². The van der Waals surface area contributed by atoms with Crippen molar-refractivity contribution in [2.45, 2.75) is 26.3 Å².